The number of carbonyl (C=O) groups is 1. The van der Waals surface area contributed by atoms with Crippen LogP contribution in [0.25, 0.3) is 0 Å². The maximum absolute atomic E-state index is 11.9. The molecular formula is C19H28O2S. The average Bonchev–Trinajstić information content (AvgIpc) is 2.55. The number of thioether (sulfide) groups is 1. The van der Waals surface area contributed by atoms with Gasteiger partial charge in [-0.05, 0) is 55.9 Å². The summed E-state index contributed by atoms with van der Waals surface area (Å²) in [5.41, 5.74) is 0. The van der Waals surface area contributed by atoms with E-state index in [9.17, 15) is 4.79 Å². The summed E-state index contributed by atoms with van der Waals surface area (Å²) < 4.78 is 5.62. The first kappa shape index (κ1) is 17.4. The van der Waals surface area contributed by atoms with E-state index < -0.39 is 0 Å². The summed E-state index contributed by atoms with van der Waals surface area (Å²) in [6.45, 7) is 2.25. The average molecular weight is 320 g/mol. The molecule has 3 heteroatoms. The van der Waals surface area contributed by atoms with Crippen LogP contribution in [0.4, 0.5) is 0 Å². The summed E-state index contributed by atoms with van der Waals surface area (Å²) in [4.78, 5) is 13.2. The van der Waals surface area contributed by atoms with Gasteiger partial charge in [0, 0.05) is 11.3 Å². The normalized spacial score (nSPS) is 21.5. The van der Waals surface area contributed by atoms with Crippen LogP contribution in [0.1, 0.15) is 58.3 Å². The van der Waals surface area contributed by atoms with Crippen LogP contribution >= 0.6 is 11.8 Å². The molecule has 0 heterocycles. The molecule has 0 radical (unpaired) electrons. The van der Waals surface area contributed by atoms with Gasteiger partial charge in [0.1, 0.15) is 6.10 Å². The first-order valence-corrected chi connectivity index (χ1v) is 9.63. The van der Waals surface area contributed by atoms with Crippen molar-refractivity contribution in [2.45, 2.75) is 69.3 Å². The minimum atomic E-state index is -0.00685. The van der Waals surface area contributed by atoms with Gasteiger partial charge in [-0.25, -0.2) is 0 Å². The predicted molar refractivity (Wildman–Crippen MR) is 93.1 cm³/mol. The van der Waals surface area contributed by atoms with E-state index in [1.165, 1.54) is 30.6 Å². The number of hydrogen-bond acceptors (Lipinski definition) is 3. The van der Waals surface area contributed by atoms with E-state index in [0.717, 1.165) is 30.9 Å². The molecule has 0 atom stereocenters. The topological polar surface area (TPSA) is 26.3 Å². The maximum Gasteiger partial charge on any atom is 0.306 e. The van der Waals surface area contributed by atoms with E-state index in [0.29, 0.717) is 6.42 Å². The molecule has 1 aromatic carbocycles. The summed E-state index contributed by atoms with van der Waals surface area (Å²) in [6, 6.07) is 10.3. The zero-order valence-corrected chi connectivity index (χ0v) is 14.4. The molecule has 1 aliphatic rings. The van der Waals surface area contributed by atoms with Gasteiger partial charge in [0.25, 0.3) is 0 Å². The second kappa shape index (κ2) is 9.94. The van der Waals surface area contributed by atoms with Crippen molar-refractivity contribution in [1.82, 2.24) is 0 Å². The van der Waals surface area contributed by atoms with Crippen molar-refractivity contribution in [3.63, 3.8) is 0 Å². The number of esters is 1. The molecule has 0 amide bonds. The molecule has 22 heavy (non-hydrogen) atoms. The van der Waals surface area contributed by atoms with Crippen molar-refractivity contribution in [1.29, 1.82) is 0 Å². The highest BCUT2D eigenvalue weighted by molar-refractivity contribution is 7.99. The standard InChI is InChI=1S/C19H28O2S/c1-2-7-16-11-13-17(14-12-16)21-19(20)10-6-15-22-18-8-4-3-5-9-18/h3-5,8-9,16-17H,2,6-7,10-15H2,1H3. The van der Waals surface area contributed by atoms with Gasteiger partial charge in [-0.3, -0.25) is 4.79 Å². The molecule has 1 fully saturated rings. The van der Waals surface area contributed by atoms with Gasteiger partial charge < -0.3 is 4.74 Å². The Morgan fingerprint density at radius 3 is 2.59 bits per heavy atom. The van der Waals surface area contributed by atoms with Gasteiger partial charge >= 0.3 is 5.97 Å². The monoisotopic (exact) mass is 320 g/mol. The number of rotatable bonds is 8. The lowest BCUT2D eigenvalue weighted by Crippen LogP contribution is -2.24. The Labute approximate surface area is 139 Å². The Kier molecular flexibility index (Phi) is 7.86. The molecule has 2 nitrogen and oxygen atoms in total. The lowest BCUT2D eigenvalue weighted by molar-refractivity contribution is -0.151. The zero-order valence-electron chi connectivity index (χ0n) is 13.6. The Morgan fingerprint density at radius 2 is 1.91 bits per heavy atom. The SMILES string of the molecule is CCCC1CCC(OC(=O)CCCSc2ccccc2)CC1. The van der Waals surface area contributed by atoms with Crippen LogP contribution in [-0.2, 0) is 9.53 Å². The molecule has 0 aromatic heterocycles. The number of benzene rings is 1. The smallest absolute Gasteiger partial charge is 0.306 e. The quantitative estimate of drug-likeness (QED) is 0.361. The maximum atomic E-state index is 11.9. The minimum absolute atomic E-state index is 0.00685. The molecule has 122 valence electrons. The molecule has 0 bridgehead atoms. The molecule has 1 saturated carbocycles. The van der Waals surface area contributed by atoms with Gasteiger partial charge in [-0.15, -0.1) is 11.8 Å². The molecule has 0 aliphatic heterocycles. The summed E-state index contributed by atoms with van der Waals surface area (Å²) in [7, 11) is 0. The second-order valence-corrected chi connectivity index (χ2v) is 7.35. The fraction of sp³-hybridized carbons (Fsp3) is 0.632. The number of hydrogen-bond donors (Lipinski definition) is 0. The van der Waals surface area contributed by atoms with Crippen molar-refractivity contribution in [3.05, 3.63) is 30.3 Å². The van der Waals surface area contributed by atoms with Crippen molar-refractivity contribution >= 4 is 17.7 Å². The third-order valence-corrected chi connectivity index (χ3v) is 5.42. The van der Waals surface area contributed by atoms with E-state index in [2.05, 4.69) is 19.1 Å². The fourth-order valence-electron chi connectivity index (χ4n) is 3.11. The summed E-state index contributed by atoms with van der Waals surface area (Å²) in [5, 5.41) is 0. The molecule has 0 saturated heterocycles. The van der Waals surface area contributed by atoms with Gasteiger partial charge in [0.05, 0.1) is 0 Å². The van der Waals surface area contributed by atoms with Crippen LogP contribution in [0, 0.1) is 5.92 Å². The largest absolute Gasteiger partial charge is 0.462 e. The Bertz CT molecular complexity index is 424. The van der Waals surface area contributed by atoms with Crippen LogP contribution in [0.15, 0.2) is 35.2 Å². The number of ether oxygens (including phenoxy) is 1. The number of carbonyl (C=O) groups excluding carboxylic acids is 1. The van der Waals surface area contributed by atoms with Crippen LogP contribution in [0.2, 0.25) is 0 Å². The molecule has 0 N–H and O–H groups in total. The Morgan fingerprint density at radius 1 is 1.18 bits per heavy atom. The van der Waals surface area contributed by atoms with Crippen LogP contribution < -0.4 is 0 Å². The first-order valence-electron chi connectivity index (χ1n) is 8.65. The zero-order chi connectivity index (χ0) is 15.6. The highest BCUT2D eigenvalue weighted by atomic mass is 32.2. The van der Waals surface area contributed by atoms with E-state index in [-0.39, 0.29) is 12.1 Å². The summed E-state index contributed by atoms with van der Waals surface area (Å²) in [5.74, 6) is 1.83. The van der Waals surface area contributed by atoms with E-state index in [1.807, 2.05) is 18.2 Å². The van der Waals surface area contributed by atoms with Crippen LogP contribution in [0.5, 0.6) is 0 Å². The summed E-state index contributed by atoms with van der Waals surface area (Å²) in [6.07, 6.45) is 8.82. The fourth-order valence-corrected chi connectivity index (χ4v) is 3.99. The van der Waals surface area contributed by atoms with Crippen LogP contribution in [-0.4, -0.2) is 17.8 Å². The Balaban J connectivity index is 1.55. The van der Waals surface area contributed by atoms with Crippen LogP contribution in [0.3, 0.4) is 0 Å². The van der Waals surface area contributed by atoms with Crippen molar-refractivity contribution < 1.29 is 9.53 Å². The second-order valence-electron chi connectivity index (χ2n) is 6.19. The van der Waals surface area contributed by atoms with Gasteiger partial charge in [0.15, 0.2) is 0 Å². The molecular weight excluding hydrogens is 292 g/mol. The highest BCUT2D eigenvalue weighted by Crippen LogP contribution is 2.29. The van der Waals surface area contributed by atoms with Gasteiger partial charge in [-0.1, -0.05) is 38.0 Å². The molecule has 2 rings (SSSR count). The first-order chi connectivity index (χ1) is 10.8. The predicted octanol–water partition coefficient (Wildman–Crippen LogP) is 5.46. The molecule has 0 unspecified atom stereocenters. The van der Waals surface area contributed by atoms with Crippen molar-refractivity contribution in [2.75, 3.05) is 5.75 Å². The molecule has 0 spiro atoms. The molecule has 1 aromatic rings. The molecule has 1 aliphatic carbocycles. The Hall–Kier alpha value is -0.960. The van der Waals surface area contributed by atoms with Gasteiger partial charge in [0.2, 0.25) is 0 Å². The third kappa shape index (κ3) is 6.43. The van der Waals surface area contributed by atoms with E-state index in [4.69, 9.17) is 4.74 Å². The van der Waals surface area contributed by atoms with Gasteiger partial charge in [-0.2, -0.15) is 0 Å². The van der Waals surface area contributed by atoms with Crippen molar-refractivity contribution in [3.8, 4) is 0 Å². The highest BCUT2D eigenvalue weighted by Gasteiger charge is 2.23. The van der Waals surface area contributed by atoms with E-state index in [1.54, 1.807) is 11.8 Å². The third-order valence-electron chi connectivity index (χ3n) is 4.33. The minimum Gasteiger partial charge on any atom is -0.462 e. The summed E-state index contributed by atoms with van der Waals surface area (Å²) >= 11 is 1.81. The van der Waals surface area contributed by atoms with E-state index >= 15 is 0 Å². The lowest BCUT2D eigenvalue weighted by Gasteiger charge is -2.28. The lowest BCUT2D eigenvalue weighted by atomic mass is 9.85. The van der Waals surface area contributed by atoms with Crippen molar-refractivity contribution in [2.24, 2.45) is 5.92 Å².